The van der Waals surface area contributed by atoms with Gasteiger partial charge in [0, 0.05) is 18.7 Å². The van der Waals surface area contributed by atoms with E-state index in [1.54, 1.807) is 13.0 Å². The Bertz CT molecular complexity index is 1510. The number of alkyl carbamates (subject to hydrolysis) is 1. The van der Waals surface area contributed by atoms with E-state index in [0.717, 1.165) is 27.8 Å². The number of nitrogens with zero attached hydrogens (tertiary/aromatic N) is 1. The molecular formula is C33H31N3O6. The van der Waals surface area contributed by atoms with Crippen molar-refractivity contribution in [1.29, 1.82) is 0 Å². The van der Waals surface area contributed by atoms with Crippen LogP contribution in [0.2, 0.25) is 0 Å². The van der Waals surface area contributed by atoms with Crippen molar-refractivity contribution < 1.29 is 29.0 Å². The van der Waals surface area contributed by atoms with Gasteiger partial charge in [-0.3, -0.25) is 4.79 Å². The fraction of sp³-hybridized carbons (Fsp3) is 0.212. The number of amides is 2. The lowest BCUT2D eigenvalue weighted by Gasteiger charge is -2.25. The molecule has 1 aliphatic carbocycles. The summed E-state index contributed by atoms with van der Waals surface area (Å²) in [4.78, 5) is 41.3. The minimum absolute atomic E-state index is 0.0833. The third-order valence-corrected chi connectivity index (χ3v) is 7.24. The molecule has 0 spiro atoms. The highest BCUT2D eigenvalue weighted by Crippen LogP contribution is 2.44. The number of rotatable bonds is 11. The minimum Gasteiger partial charge on any atom is -0.477 e. The lowest BCUT2D eigenvalue weighted by Crippen LogP contribution is -2.53. The first-order valence-electron chi connectivity index (χ1n) is 13.6. The molecule has 0 bridgehead atoms. The molecule has 42 heavy (non-hydrogen) atoms. The lowest BCUT2D eigenvalue weighted by atomic mass is 9.98. The summed E-state index contributed by atoms with van der Waals surface area (Å²) < 4.78 is 11.6. The molecule has 0 radical (unpaired) electrons. The SMILES string of the molecule is C[C@H](OCc1ccccc1)[C@@H](NC(=O)OCC1c2ccccc2-c2ccccc21)C(=O)NCc1ccc(C(=O)O)nc1. The Kier molecular flexibility index (Phi) is 8.89. The molecular weight excluding hydrogens is 534 g/mol. The van der Waals surface area contributed by atoms with Crippen molar-refractivity contribution in [2.75, 3.05) is 6.61 Å². The quantitative estimate of drug-likeness (QED) is 0.236. The molecule has 0 saturated carbocycles. The highest BCUT2D eigenvalue weighted by Gasteiger charge is 2.31. The van der Waals surface area contributed by atoms with Crippen LogP contribution in [-0.2, 0) is 27.4 Å². The zero-order chi connectivity index (χ0) is 29.5. The van der Waals surface area contributed by atoms with Crippen LogP contribution in [0.25, 0.3) is 11.1 Å². The number of nitrogens with one attached hydrogen (secondary N) is 2. The second kappa shape index (κ2) is 13.1. The molecule has 2 atom stereocenters. The summed E-state index contributed by atoms with van der Waals surface area (Å²) in [5.74, 6) is -1.74. The minimum atomic E-state index is -1.14. The van der Waals surface area contributed by atoms with E-state index in [0.29, 0.717) is 5.56 Å². The molecule has 0 saturated heterocycles. The number of fused-ring (bicyclic) bond motifs is 3. The maximum atomic E-state index is 13.3. The number of carbonyl (C=O) groups excluding carboxylic acids is 2. The largest absolute Gasteiger partial charge is 0.477 e. The number of carbonyl (C=O) groups is 3. The molecule has 1 heterocycles. The fourth-order valence-corrected chi connectivity index (χ4v) is 5.02. The summed E-state index contributed by atoms with van der Waals surface area (Å²) in [6, 6.07) is 27.5. The molecule has 214 valence electrons. The van der Waals surface area contributed by atoms with Crippen LogP contribution < -0.4 is 10.6 Å². The van der Waals surface area contributed by atoms with E-state index in [1.807, 2.05) is 66.7 Å². The summed E-state index contributed by atoms with van der Waals surface area (Å²) in [5.41, 5.74) is 5.84. The average molecular weight is 566 g/mol. The second-order valence-corrected chi connectivity index (χ2v) is 10.0. The van der Waals surface area contributed by atoms with Crippen molar-refractivity contribution in [3.8, 4) is 11.1 Å². The van der Waals surface area contributed by atoms with Crippen LogP contribution in [0, 0.1) is 0 Å². The van der Waals surface area contributed by atoms with Crippen molar-refractivity contribution in [3.63, 3.8) is 0 Å². The van der Waals surface area contributed by atoms with Crippen molar-refractivity contribution in [3.05, 3.63) is 125 Å². The molecule has 9 nitrogen and oxygen atoms in total. The van der Waals surface area contributed by atoms with Gasteiger partial charge in [0.1, 0.15) is 18.3 Å². The first-order chi connectivity index (χ1) is 20.4. The van der Waals surface area contributed by atoms with E-state index in [4.69, 9.17) is 14.6 Å². The second-order valence-electron chi connectivity index (χ2n) is 10.0. The summed E-state index contributed by atoms with van der Waals surface area (Å²) in [6.45, 7) is 2.15. The number of ether oxygens (including phenoxy) is 2. The molecule has 4 aromatic rings. The third kappa shape index (κ3) is 6.64. The highest BCUT2D eigenvalue weighted by atomic mass is 16.5. The maximum Gasteiger partial charge on any atom is 0.407 e. The number of hydrogen-bond acceptors (Lipinski definition) is 6. The van der Waals surface area contributed by atoms with Crippen LogP contribution in [0.3, 0.4) is 0 Å². The topological polar surface area (TPSA) is 127 Å². The number of hydrogen-bond donors (Lipinski definition) is 3. The summed E-state index contributed by atoms with van der Waals surface area (Å²) in [6.07, 6.45) is -0.0506. The Balaban J connectivity index is 1.25. The molecule has 2 amide bonds. The number of carboxylic acid groups (broad SMARTS) is 1. The highest BCUT2D eigenvalue weighted by molar-refractivity contribution is 5.87. The van der Waals surface area contributed by atoms with Crippen LogP contribution in [0.1, 0.15) is 45.6 Å². The molecule has 5 rings (SSSR count). The van der Waals surface area contributed by atoms with E-state index in [1.165, 1.54) is 12.3 Å². The lowest BCUT2D eigenvalue weighted by molar-refractivity contribution is -0.127. The fourth-order valence-electron chi connectivity index (χ4n) is 5.02. The molecule has 3 N–H and O–H groups in total. The van der Waals surface area contributed by atoms with Gasteiger partial charge < -0.3 is 25.2 Å². The van der Waals surface area contributed by atoms with E-state index in [9.17, 15) is 14.4 Å². The molecule has 0 unspecified atom stereocenters. The molecule has 0 aliphatic heterocycles. The summed E-state index contributed by atoms with van der Waals surface area (Å²) in [7, 11) is 0. The van der Waals surface area contributed by atoms with E-state index >= 15 is 0 Å². The number of carboxylic acids is 1. The van der Waals surface area contributed by atoms with E-state index in [2.05, 4.69) is 27.8 Å². The van der Waals surface area contributed by atoms with Crippen LogP contribution in [-0.4, -0.2) is 46.8 Å². The molecule has 1 aromatic heterocycles. The van der Waals surface area contributed by atoms with Gasteiger partial charge in [-0.05, 0) is 46.4 Å². The van der Waals surface area contributed by atoms with Crippen molar-refractivity contribution >= 4 is 18.0 Å². The van der Waals surface area contributed by atoms with Crippen molar-refractivity contribution in [2.45, 2.75) is 38.1 Å². The third-order valence-electron chi connectivity index (χ3n) is 7.24. The van der Waals surface area contributed by atoms with Gasteiger partial charge in [-0.2, -0.15) is 0 Å². The van der Waals surface area contributed by atoms with Gasteiger partial charge in [0.05, 0.1) is 12.7 Å². The van der Waals surface area contributed by atoms with E-state index < -0.39 is 30.1 Å². The molecule has 3 aromatic carbocycles. The Labute approximate surface area is 243 Å². The molecule has 9 heteroatoms. The smallest absolute Gasteiger partial charge is 0.407 e. The first-order valence-corrected chi connectivity index (χ1v) is 13.6. The van der Waals surface area contributed by atoms with Gasteiger partial charge in [-0.25, -0.2) is 14.6 Å². The molecule has 1 aliphatic rings. The summed E-state index contributed by atoms with van der Waals surface area (Å²) in [5, 5.41) is 14.5. The van der Waals surface area contributed by atoms with Gasteiger partial charge in [-0.1, -0.05) is 84.9 Å². The van der Waals surface area contributed by atoms with Crippen LogP contribution in [0.4, 0.5) is 4.79 Å². The predicted molar refractivity (Wildman–Crippen MR) is 156 cm³/mol. The van der Waals surface area contributed by atoms with Crippen LogP contribution in [0.15, 0.2) is 97.2 Å². The Hall–Kier alpha value is -5.02. The Morgan fingerprint density at radius 2 is 1.50 bits per heavy atom. The average Bonchev–Trinajstić information content (AvgIpc) is 3.34. The number of pyridine rings is 1. The summed E-state index contributed by atoms with van der Waals surface area (Å²) >= 11 is 0. The van der Waals surface area contributed by atoms with Gasteiger partial charge in [0.15, 0.2) is 0 Å². The van der Waals surface area contributed by atoms with E-state index in [-0.39, 0.29) is 31.4 Å². The standard InChI is InChI=1S/C33H31N3O6/c1-21(41-19-22-9-3-2-4-10-22)30(31(37)35-18-23-15-16-29(32(38)39)34-17-23)36-33(40)42-20-28-26-13-7-5-11-24(26)25-12-6-8-14-27(25)28/h2-17,21,28,30H,18-20H2,1H3,(H,35,37)(H,36,40)(H,38,39)/t21-,30+/m0/s1. The van der Waals surface area contributed by atoms with Gasteiger partial charge in [0.2, 0.25) is 5.91 Å². The van der Waals surface area contributed by atoms with Crippen molar-refractivity contribution in [2.24, 2.45) is 0 Å². The first kappa shape index (κ1) is 28.5. The van der Waals surface area contributed by atoms with Gasteiger partial charge >= 0.3 is 12.1 Å². The predicted octanol–water partition coefficient (Wildman–Crippen LogP) is 4.91. The zero-order valence-corrected chi connectivity index (χ0v) is 23.0. The maximum absolute atomic E-state index is 13.3. The van der Waals surface area contributed by atoms with Crippen molar-refractivity contribution in [1.82, 2.24) is 15.6 Å². The number of aromatic carboxylic acids is 1. The van der Waals surface area contributed by atoms with Crippen LogP contribution in [0.5, 0.6) is 0 Å². The Morgan fingerprint density at radius 1 is 0.857 bits per heavy atom. The molecule has 0 fully saturated rings. The Morgan fingerprint density at radius 3 is 2.12 bits per heavy atom. The number of aromatic nitrogens is 1. The van der Waals surface area contributed by atoms with Crippen LogP contribution >= 0.6 is 0 Å². The van der Waals surface area contributed by atoms with Gasteiger partial charge in [0.25, 0.3) is 0 Å². The zero-order valence-electron chi connectivity index (χ0n) is 23.0. The van der Waals surface area contributed by atoms with Gasteiger partial charge in [-0.15, -0.1) is 0 Å². The normalized spacial score (nSPS) is 13.4. The number of benzene rings is 3. The monoisotopic (exact) mass is 565 g/mol.